The summed E-state index contributed by atoms with van der Waals surface area (Å²) in [6.45, 7) is 0. The first-order valence-electron chi connectivity index (χ1n) is 8.76. The van der Waals surface area contributed by atoms with Gasteiger partial charge in [-0.25, -0.2) is 0 Å². The maximum absolute atomic E-state index is 5.49. The molecule has 0 aliphatic heterocycles. The van der Waals surface area contributed by atoms with Gasteiger partial charge in [-0.1, -0.05) is 24.6 Å². The summed E-state index contributed by atoms with van der Waals surface area (Å²) in [5.74, 6) is 1.76. The minimum absolute atomic E-state index is 0.572. The van der Waals surface area contributed by atoms with Gasteiger partial charge in [-0.3, -0.25) is 0 Å². The fraction of sp³-hybridized carbons (Fsp3) is 0.350. The second-order valence-electron chi connectivity index (χ2n) is 6.95. The Morgan fingerprint density at radius 1 is 0.833 bits per heavy atom. The zero-order valence-electron chi connectivity index (χ0n) is 13.7. The molecule has 3 atom stereocenters. The van der Waals surface area contributed by atoms with Crippen molar-refractivity contribution in [3.05, 3.63) is 54.6 Å². The van der Waals surface area contributed by atoms with Crippen LogP contribution in [0.3, 0.4) is 0 Å². The SMILES string of the molecule is S=C(Nc1ccc(Nc2ccccc2)cc1)N[C@H]1C[C@H]2CC[C@@H]1C2. The molecule has 2 aliphatic carbocycles. The fourth-order valence-corrected chi connectivity index (χ4v) is 4.35. The predicted octanol–water partition coefficient (Wildman–Crippen LogP) is 4.91. The van der Waals surface area contributed by atoms with E-state index >= 15 is 0 Å². The number of thiocarbonyl (C=S) groups is 1. The Kier molecular flexibility index (Phi) is 4.39. The standard InChI is InChI=1S/C20H23N3S/c24-20(23-19-13-14-6-7-15(19)12-14)22-18-10-8-17(9-11-18)21-16-4-2-1-3-5-16/h1-5,8-11,14-15,19,21H,6-7,12-13H2,(H2,22,23,24)/t14-,15+,19-/m0/s1. The third-order valence-electron chi connectivity index (χ3n) is 5.26. The first-order valence-corrected chi connectivity index (χ1v) is 9.17. The number of anilines is 3. The summed E-state index contributed by atoms with van der Waals surface area (Å²) < 4.78 is 0. The number of rotatable bonds is 4. The van der Waals surface area contributed by atoms with Gasteiger partial charge in [-0.15, -0.1) is 0 Å². The molecule has 2 aliphatic rings. The molecular formula is C20H23N3S. The molecular weight excluding hydrogens is 314 g/mol. The number of fused-ring (bicyclic) bond motifs is 2. The highest BCUT2D eigenvalue weighted by Gasteiger charge is 2.39. The monoisotopic (exact) mass is 337 g/mol. The molecule has 2 saturated carbocycles. The molecule has 0 saturated heterocycles. The minimum Gasteiger partial charge on any atom is -0.359 e. The molecule has 3 N–H and O–H groups in total. The Hall–Kier alpha value is -2.07. The van der Waals surface area contributed by atoms with Crippen molar-refractivity contribution in [2.45, 2.75) is 31.7 Å². The van der Waals surface area contributed by atoms with Gasteiger partial charge in [0.2, 0.25) is 0 Å². The Labute approximate surface area is 148 Å². The lowest BCUT2D eigenvalue weighted by Gasteiger charge is -2.24. The molecule has 0 heterocycles. The maximum Gasteiger partial charge on any atom is 0.171 e. The Bertz CT molecular complexity index is 699. The number of para-hydroxylation sites is 1. The van der Waals surface area contributed by atoms with Gasteiger partial charge in [0.25, 0.3) is 0 Å². The van der Waals surface area contributed by atoms with Gasteiger partial charge in [0.1, 0.15) is 0 Å². The van der Waals surface area contributed by atoms with Crippen molar-refractivity contribution in [2.24, 2.45) is 11.8 Å². The van der Waals surface area contributed by atoms with Crippen molar-refractivity contribution >= 4 is 34.4 Å². The predicted molar refractivity (Wildman–Crippen MR) is 105 cm³/mol. The van der Waals surface area contributed by atoms with Crippen LogP contribution in [0.2, 0.25) is 0 Å². The molecule has 24 heavy (non-hydrogen) atoms. The molecule has 0 spiro atoms. The van der Waals surface area contributed by atoms with Crippen LogP contribution in [0.15, 0.2) is 54.6 Å². The molecule has 4 rings (SSSR count). The lowest BCUT2D eigenvalue weighted by molar-refractivity contribution is 0.392. The van der Waals surface area contributed by atoms with Crippen molar-refractivity contribution in [3.63, 3.8) is 0 Å². The lowest BCUT2D eigenvalue weighted by atomic mass is 9.96. The first kappa shape index (κ1) is 15.5. The summed E-state index contributed by atoms with van der Waals surface area (Å²) in [5.41, 5.74) is 3.18. The molecule has 0 radical (unpaired) electrons. The number of hydrogen-bond acceptors (Lipinski definition) is 2. The quantitative estimate of drug-likeness (QED) is 0.693. The van der Waals surface area contributed by atoms with E-state index in [1.807, 2.05) is 18.2 Å². The minimum atomic E-state index is 0.572. The molecule has 0 aromatic heterocycles. The second-order valence-corrected chi connectivity index (χ2v) is 7.36. The molecule has 2 fully saturated rings. The van der Waals surface area contributed by atoms with Gasteiger partial charge in [0.05, 0.1) is 0 Å². The van der Waals surface area contributed by atoms with Gasteiger partial charge in [-0.2, -0.15) is 0 Å². The molecule has 2 aromatic carbocycles. The summed E-state index contributed by atoms with van der Waals surface area (Å²) >= 11 is 5.49. The van der Waals surface area contributed by atoms with E-state index < -0.39 is 0 Å². The number of benzene rings is 2. The zero-order chi connectivity index (χ0) is 16.4. The van der Waals surface area contributed by atoms with Crippen molar-refractivity contribution in [1.82, 2.24) is 5.32 Å². The van der Waals surface area contributed by atoms with E-state index in [9.17, 15) is 0 Å². The summed E-state index contributed by atoms with van der Waals surface area (Å²) in [7, 11) is 0. The summed E-state index contributed by atoms with van der Waals surface area (Å²) in [6.07, 6.45) is 5.45. The van der Waals surface area contributed by atoms with Crippen molar-refractivity contribution in [1.29, 1.82) is 0 Å². The van der Waals surface area contributed by atoms with Gasteiger partial charge in [0, 0.05) is 23.1 Å². The lowest BCUT2D eigenvalue weighted by Crippen LogP contribution is -2.40. The van der Waals surface area contributed by atoms with Crippen LogP contribution in [0.1, 0.15) is 25.7 Å². The van der Waals surface area contributed by atoms with E-state index in [2.05, 4.69) is 52.3 Å². The van der Waals surface area contributed by atoms with E-state index in [0.717, 1.165) is 34.0 Å². The normalized spacial score (nSPS) is 24.6. The largest absolute Gasteiger partial charge is 0.359 e. The Balaban J connectivity index is 1.31. The fourth-order valence-electron chi connectivity index (χ4n) is 4.08. The average molecular weight is 337 g/mol. The van der Waals surface area contributed by atoms with Crippen LogP contribution in [-0.2, 0) is 0 Å². The van der Waals surface area contributed by atoms with Crippen molar-refractivity contribution < 1.29 is 0 Å². The molecule has 124 valence electrons. The maximum atomic E-state index is 5.49. The molecule has 4 heteroatoms. The van der Waals surface area contributed by atoms with Crippen LogP contribution in [-0.4, -0.2) is 11.2 Å². The Morgan fingerprint density at radius 2 is 1.54 bits per heavy atom. The van der Waals surface area contributed by atoms with Gasteiger partial charge in [0.15, 0.2) is 5.11 Å². The summed E-state index contributed by atoms with van der Waals surface area (Å²) in [5, 5.41) is 11.0. The van der Waals surface area contributed by atoms with Gasteiger partial charge in [-0.05, 0) is 79.7 Å². The third-order valence-corrected chi connectivity index (χ3v) is 5.48. The van der Waals surface area contributed by atoms with Crippen LogP contribution in [0.5, 0.6) is 0 Å². The van der Waals surface area contributed by atoms with E-state index in [1.54, 1.807) is 0 Å². The second kappa shape index (κ2) is 6.81. The smallest absolute Gasteiger partial charge is 0.171 e. The van der Waals surface area contributed by atoms with Crippen LogP contribution in [0, 0.1) is 11.8 Å². The van der Waals surface area contributed by atoms with Gasteiger partial charge < -0.3 is 16.0 Å². The van der Waals surface area contributed by atoms with Crippen LogP contribution in [0.4, 0.5) is 17.1 Å². The Morgan fingerprint density at radius 3 is 2.21 bits per heavy atom. The number of hydrogen-bond donors (Lipinski definition) is 3. The molecule has 2 bridgehead atoms. The molecule has 0 amide bonds. The van der Waals surface area contributed by atoms with Gasteiger partial charge >= 0.3 is 0 Å². The van der Waals surface area contributed by atoms with E-state index in [4.69, 9.17) is 12.2 Å². The van der Waals surface area contributed by atoms with E-state index in [0.29, 0.717) is 6.04 Å². The highest BCUT2D eigenvalue weighted by Crippen LogP contribution is 2.44. The summed E-state index contributed by atoms with van der Waals surface area (Å²) in [4.78, 5) is 0. The number of nitrogens with one attached hydrogen (secondary N) is 3. The first-order chi connectivity index (χ1) is 11.8. The van der Waals surface area contributed by atoms with Crippen LogP contribution < -0.4 is 16.0 Å². The molecule has 3 nitrogen and oxygen atoms in total. The van der Waals surface area contributed by atoms with E-state index in [-0.39, 0.29) is 0 Å². The zero-order valence-corrected chi connectivity index (χ0v) is 14.5. The highest BCUT2D eigenvalue weighted by atomic mass is 32.1. The topological polar surface area (TPSA) is 36.1 Å². The van der Waals surface area contributed by atoms with Crippen LogP contribution in [0.25, 0.3) is 0 Å². The van der Waals surface area contributed by atoms with Crippen LogP contribution >= 0.6 is 12.2 Å². The molecule has 0 unspecified atom stereocenters. The van der Waals surface area contributed by atoms with E-state index in [1.165, 1.54) is 25.7 Å². The van der Waals surface area contributed by atoms with Crippen molar-refractivity contribution in [3.8, 4) is 0 Å². The average Bonchev–Trinajstić information content (AvgIpc) is 3.20. The molecule has 2 aromatic rings. The highest BCUT2D eigenvalue weighted by molar-refractivity contribution is 7.80. The summed E-state index contributed by atoms with van der Waals surface area (Å²) in [6, 6.07) is 19.0. The van der Waals surface area contributed by atoms with Crippen molar-refractivity contribution in [2.75, 3.05) is 10.6 Å². The third kappa shape index (κ3) is 3.54.